The van der Waals surface area contributed by atoms with Crippen LogP contribution >= 0.6 is 27.7 Å². The van der Waals surface area contributed by atoms with Gasteiger partial charge in [-0.3, -0.25) is 4.79 Å². The Labute approximate surface area is 107 Å². The van der Waals surface area contributed by atoms with E-state index in [4.69, 9.17) is 0 Å². The Morgan fingerprint density at radius 1 is 1.50 bits per heavy atom. The van der Waals surface area contributed by atoms with Gasteiger partial charge in [0.05, 0.1) is 0 Å². The van der Waals surface area contributed by atoms with Gasteiger partial charge in [0.2, 0.25) is 0 Å². The van der Waals surface area contributed by atoms with E-state index in [1.54, 1.807) is 0 Å². The van der Waals surface area contributed by atoms with Crippen molar-refractivity contribution in [2.45, 2.75) is 13.3 Å². The molecule has 0 unspecified atom stereocenters. The number of aromatic nitrogens is 1. The zero-order valence-electron chi connectivity index (χ0n) is 8.92. The molecule has 0 aliphatic carbocycles. The minimum Gasteiger partial charge on any atom is -0.361 e. The fourth-order valence-corrected chi connectivity index (χ4v) is 2.92. The van der Waals surface area contributed by atoms with Crippen molar-refractivity contribution in [2.24, 2.45) is 0 Å². The fourth-order valence-electron chi connectivity index (χ4n) is 1.71. The largest absolute Gasteiger partial charge is 0.361 e. The molecule has 0 aliphatic heterocycles. The zero-order chi connectivity index (χ0) is 11.5. The molecule has 0 atom stereocenters. The van der Waals surface area contributed by atoms with E-state index < -0.39 is 0 Å². The maximum Gasteiger partial charge on any atom is 0.193 e. The molecule has 0 saturated carbocycles. The van der Waals surface area contributed by atoms with Crippen LogP contribution in [0.25, 0.3) is 10.9 Å². The van der Waals surface area contributed by atoms with Gasteiger partial charge in [-0.25, -0.2) is 0 Å². The molecule has 1 N–H and O–H groups in total. The molecule has 0 aliphatic rings. The van der Waals surface area contributed by atoms with E-state index in [1.165, 1.54) is 11.8 Å². The quantitative estimate of drug-likeness (QED) is 0.936. The van der Waals surface area contributed by atoms with Gasteiger partial charge in [0, 0.05) is 28.0 Å². The number of hydrogen-bond acceptors (Lipinski definition) is 2. The van der Waals surface area contributed by atoms with Crippen molar-refractivity contribution < 1.29 is 4.79 Å². The number of fused-ring (bicyclic) bond motifs is 1. The molecule has 2 aromatic rings. The molecule has 2 nitrogen and oxygen atoms in total. The predicted molar refractivity (Wildman–Crippen MR) is 72.8 cm³/mol. The second-order valence-corrected chi connectivity index (χ2v) is 5.63. The van der Waals surface area contributed by atoms with E-state index in [2.05, 4.69) is 20.9 Å². The Kier molecular flexibility index (Phi) is 3.71. The second kappa shape index (κ2) is 5.06. The number of carbonyl (C=O) groups excluding carboxylic acids is 1. The third-order valence-electron chi connectivity index (χ3n) is 2.38. The lowest BCUT2D eigenvalue weighted by Gasteiger charge is -1.99. The monoisotopic (exact) mass is 297 g/mol. The summed E-state index contributed by atoms with van der Waals surface area (Å²) < 4.78 is 1.04. The minimum atomic E-state index is 0.221. The highest BCUT2D eigenvalue weighted by Gasteiger charge is 2.10. The average molecular weight is 298 g/mol. The lowest BCUT2D eigenvalue weighted by atomic mass is 10.1. The number of thioether (sulfide) groups is 1. The molecule has 0 fully saturated rings. The summed E-state index contributed by atoms with van der Waals surface area (Å²) in [6.07, 6.45) is 2.41. The summed E-state index contributed by atoms with van der Waals surface area (Å²) in [7, 11) is 0. The smallest absolute Gasteiger partial charge is 0.193 e. The Morgan fingerprint density at radius 3 is 3.06 bits per heavy atom. The van der Waals surface area contributed by atoms with Gasteiger partial charge < -0.3 is 4.98 Å². The standard InChI is InChI=1S/C12H12BrNOS/c1-2-16-11(15)6-8-7-14-10-5-3-4-9(13)12(8)10/h3-5,7,14H,2,6H2,1H3. The maximum atomic E-state index is 11.6. The first kappa shape index (κ1) is 11.7. The van der Waals surface area contributed by atoms with Gasteiger partial charge in [-0.1, -0.05) is 40.7 Å². The number of carbonyl (C=O) groups is 1. The average Bonchev–Trinajstić information content (AvgIpc) is 2.63. The first-order chi connectivity index (χ1) is 7.72. The number of H-pyrrole nitrogens is 1. The van der Waals surface area contributed by atoms with Crippen LogP contribution in [0.4, 0.5) is 0 Å². The highest BCUT2D eigenvalue weighted by Crippen LogP contribution is 2.27. The van der Waals surface area contributed by atoms with Crippen LogP contribution < -0.4 is 0 Å². The first-order valence-corrected chi connectivity index (χ1v) is 6.90. The molecule has 0 radical (unpaired) electrons. The van der Waals surface area contributed by atoms with E-state index in [0.717, 1.165) is 26.7 Å². The van der Waals surface area contributed by atoms with E-state index in [9.17, 15) is 4.79 Å². The van der Waals surface area contributed by atoms with E-state index >= 15 is 0 Å². The van der Waals surface area contributed by atoms with Crippen LogP contribution in [0.1, 0.15) is 12.5 Å². The minimum absolute atomic E-state index is 0.221. The van der Waals surface area contributed by atoms with Crippen molar-refractivity contribution in [3.63, 3.8) is 0 Å². The molecule has 1 aromatic heterocycles. The van der Waals surface area contributed by atoms with Crippen molar-refractivity contribution in [1.82, 2.24) is 4.98 Å². The van der Waals surface area contributed by atoms with E-state index in [0.29, 0.717) is 6.42 Å². The molecule has 0 amide bonds. The molecule has 2 rings (SSSR count). The van der Waals surface area contributed by atoms with Crippen molar-refractivity contribution in [2.75, 3.05) is 5.75 Å². The fraction of sp³-hybridized carbons (Fsp3) is 0.250. The van der Waals surface area contributed by atoms with Crippen LogP contribution in [0.5, 0.6) is 0 Å². The predicted octanol–water partition coefficient (Wildman–Crippen LogP) is 3.75. The number of nitrogens with one attached hydrogen (secondary N) is 1. The normalized spacial score (nSPS) is 10.9. The summed E-state index contributed by atoms with van der Waals surface area (Å²) in [6.45, 7) is 1.99. The van der Waals surface area contributed by atoms with Crippen molar-refractivity contribution in [1.29, 1.82) is 0 Å². The number of benzene rings is 1. The van der Waals surface area contributed by atoms with Gasteiger partial charge in [-0.05, 0) is 23.4 Å². The third kappa shape index (κ3) is 2.33. The lowest BCUT2D eigenvalue weighted by molar-refractivity contribution is -0.110. The molecule has 84 valence electrons. The number of aromatic amines is 1. The van der Waals surface area contributed by atoms with Gasteiger partial charge >= 0.3 is 0 Å². The van der Waals surface area contributed by atoms with Crippen LogP contribution in [0, 0.1) is 0 Å². The van der Waals surface area contributed by atoms with Crippen LogP contribution in [0.15, 0.2) is 28.9 Å². The van der Waals surface area contributed by atoms with Crippen molar-refractivity contribution in [3.8, 4) is 0 Å². The summed E-state index contributed by atoms with van der Waals surface area (Å²) >= 11 is 4.89. The van der Waals surface area contributed by atoms with Crippen LogP contribution in [0.2, 0.25) is 0 Å². The van der Waals surface area contributed by atoms with Crippen molar-refractivity contribution >= 4 is 43.7 Å². The molecule has 1 heterocycles. The molecule has 4 heteroatoms. The second-order valence-electron chi connectivity index (χ2n) is 3.46. The zero-order valence-corrected chi connectivity index (χ0v) is 11.3. The van der Waals surface area contributed by atoms with Crippen LogP contribution in [-0.2, 0) is 11.2 Å². The Bertz CT molecular complexity index is 521. The molecule has 1 aromatic carbocycles. The van der Waals surface area contributed by atoms with Gasteiger partial charge in [0.25, 0.3) is 0 Å². The summed E-state index contributed by atoms with van der Waals surface area (Å²) in [4.78, 5) is 14.8. The summed E-state index contributed by atoms with van der Waals surface area (Å²) in [5, 5.41) is 1.34. The maximum absolute atomic E-state index is 11.6. The molecule has 0 bridgehead atoms. The topological polar surface area (TPSA) is 32.9 Å². The van der Waals surface area contributed by atoms with E-state index in [1.807, 2.05) is 31.3 Å². The summed E-state index contributed by atoms with van der Waals surface area (Å²) in [5.74, 6) is 0.836. The lowest BCUT2D eigenvalue weighted by Crippen LogP contribution is -1.97. The van der Waals surface area contributed by atoms with Crippen LogP contribution in [-0.4, -0.2) is 15.9 Å². The highest BCUT2D eigenvalue weighted by atomic mass is 79.9. The van der Waals surface area contributed by atoms with Gasteiger partial charge in [0.1, 0.15) is 0 Å². The molecule has 0 spiro atoms. The van der Waals surface area contributed by atoms with E-state index in [-0.39, 0.29) is 5.12 Å². The highest BCUT2D eigenvalue weighted by molar-refractivity contribution is 9.10. The SMILES string of the molecule is CCSC(=O)Cc1c[nH]c2cccc(Br)c12. The molecule has 16 heavy (non-hydrogen) atoms. The third-order valence-corrected chi connectivity index (χ3v) is 3.79. The Morgan fingerprint density at radius 2 is 2.31 bits per heavy atom. The Balaban J connectivity index is 2.34. The summed E-state index contributed by atoms with van der Waals surface area (Å²) in [5.41, 5.74) is 2.13. The first-order valence-electron chi connectivity index (χ1n) is 5.12. The van der Waals surface area contributed by atoms with Gasteiger partial charge in [-0.15, -0.1) is 0 Å². The molecular formula is C12H12BrNOS. The number of hydrogen-bond donors (Lipinski definition) is 1. The van der Waals surface area contributed by atoms with Crippen LogP contribution in [0.3, 0.4) is 0 Å². The Hall–Kier alpha value is -0.740. The summed E-state index contributed by atoms with van der Waals surface area (Å²) in [6, 6.07) is 5.99. The van der Waals surface area contributed by atoms with Gasteiger partial charge in [0.15, 0.2) is 5.12 Å². The van der Waals surface area contributed by atoms with Crippen molar-refractivity contribution in [3.05, 3.63) is 34.4 Å². The molecule has 0 saturated heterocycles. The molecular weight excluding hydrogens is 286 g/mol. The number of rotatable bonds is 3. The van der Waals surface area contributed by atoms with Gasteiger partial charge in [-0.2, -0.15) is 0 Å². The number of halogens is 1.